The van der Waals surface area contributed by atoms with Crippen molar-refractivity contribution >= 4 is 17.0 Å². The Kier molecular flexibility index (Phi) is 2.52. The molecule has 4 heteroatoms. The van der Waals surface area contributed by atoms with E-state index in [-0.39, 0.29) is 0 Å². The molecule has 0 atom stereocenters. The van der Waals surface area contributed by atoms with Crippen molar-refractivity contribution in [2.45, 2.75) is 38.6 Å². The molecule has 0 saturated heterocycles. The highest BCUT2D eigenvalue weighted by atomic mass is 15.3. The second-order valence-corrected chi connectivity index (χ2v) is 4.88. The van der Waals surface area contributed by atoms with Crippen molar-refractivity contribution in [1.29, 1.82) is 0 Å². The van der Waals surface area contributed by atoms with Gasteiger partial charge in [-0.15, -0.1) is 0 Å². The molecular weight excluding hydrogens is 212 g/mol. The van der Waals surface area contributed by atoms with E-state index in [0.717, 1.165) is 11.5 Å². The highest BCUT2D eigenvalue weighted by Gasteiger charge is 2.22. The Labute approximate surface area is 101 Å². The Morgan fingerprint density at radius 1 is 1.35 bits per heavy atom. The predicted octanol–water partition coefficient (Wildman–Crippen LogP) is 2.75. The van der Waals surface area contributed by atoms with E-state index in [1.54, 1.807) is 0 Å². The van der Waals surface area contributed by atoms with Gasteiger partial charge in [-0.05, 0) is 37.5 Å². The van der Waals surface area contributed by atoms with Crippen molar-refractivity contribution in [1.82, 2.24) is 9.55 Å². The molecule has 4 nitrogen and oxygen atoms in total. The SMILES string of the molecule is Cc1ccc2c(c1)nc(NN)n2C1CCCC1. The number of nitrogens with zero attached hydrogens (tertiary/aromatic N) is 2. The van der Waals surface area contributed by atoms with Crippen LogP contribution in [0.25, 0.3) is 11.0 Å². The summed E-state index contributed by atoms with van der Waals surface area (Å²) in [5.41, 5.74) is 6.19. The normalized spacial score (nSPS) is 16.8. The van der Waals surface area contributed by atoms with Gasteiger partial charge in [-0.25, -0.2) is 10.8 Å². The van der Waals surface area contributed by atoms with Crippen LogP contribution in [0.15, 0.2) is 18.2 Å². The van der Waals surface area contributed by atoms with Gasteiger partial charge in [-0.3, -0.25) is 5.43 Å². The summed E-state index contributed by atoms with van der Waals surface area (Å²) in [6.45, 7) is 2.09. The molecule has 0 unspecified atom stereocenters. The first-order valence-corrected chi connectivity index (χ1v) is 6.25. The summed E-state index contributed by atoms with van der Waals surface area (Å²) in [5.74, 6) is 6.38. The van der Waals surface area contributed by atoms with Crippen LogP contribution >= 0.6 is 0 Å². The molecule has 1 aliphatic carbocycles. The van der Waals surface area contributed by atoms with Crippen LogP contribution in [-0.4, -0.2) is 9.55 Å². The molecule has 17 heavy (non-hydrogen) atoms. The van der Waals surface area contributed by atoms with Gasteiger partial charge in [-0.2, -0.15) is 0 Å². The third-order valence-corrected chi connectivity index (χ3v) is 3.66. The maximum Gasteiger partial charge on any atom is 0.218 e. The van der Waals surface area contributed by atoms with E-state index in [9.17, 15) is 0 Å². The third kappa shape index (κ3) is 1.69. The molecule has 1 aliphatic rings. The number of benzene rings is 1. The van der Waals surface area contributed by atoms with E-state index < -0.39 is 0 Å². The first-order chi connectivity index (χ1) is 8.29. The van der Waals surface area contributed by atoms with Crippen LogP contribution in [0.1, 0.15) is 37.3 Å². The molecule has 1 saturated carbocycles. The lowest BCUT2D eigenvalue weighted by Gasteiger charge is -2.15. The zero-order valence-electron chi connectivity index (χ0n) is 10.1. The van der Waals surface area contributed by atoms with Crippen molar-refractivity contribution in [3.8, 4) is 0 Å². The van der Waals surface area contributed by atoms with Crippen molar-refractivity contribution in [2.24, 2.45) is 5.84 Å². The molecule has 0 amide bonds. The standard InChI is InChI=1S/C13H18N4/c1-9-6-7-12-11(8-9)15-13(16-14)17(12)10-4-2-3-5-10/h6-8,10H,2-5,14H2,1H3,(H,15,16). The number of fused-ring (bicyclic) bond motifs is 1. The lowest BCUT2D eigenvalue weighted by Crippen LogP contribution is -2.15. The van der Waals surface area contributed by atoms with Crippen LogP contribution in [0.3, 0.4) is 0 Å². The van der Waals surface area contributed by atoms with Gasteiger partial charge in [0.25, 0.3) is 0 Å². The maximum absolute atomic E-state index is 5.59. The number of nitrogen functional groups attached to an aromatic ring is 1. The van der Waals surface area contributed by atoms with Crippen LogP contribution in [-0.2, 0) is 0 Å². The smallest absolute Gasteiger partial charge is 0.218 e. The lowest BCUT2D eigenvalue weighted by molar-refractivity contribution is 0.537. The monoisotopic (exact) mass is 230 g/mol. The van der Waals surface area contributed by atoms with Gasteiger partial charge < -0.3 is 4.57 Å². The van der Waals surface area contributed by atoms with Crippen molar-refractivity contribution < 1.29 is 0 Å². The first kappa shape index (κ1) is 10.6. The summed E-state index contributed by atoms with van der Waals surface area (Å²) in [6.07, 6.45) is 5.07. The number of rotatable bonds is 2. The van der Waals surface area contributed by atoms with Crippen LogP contribution in [0, 0.1) is 6.92 Å². The summed E-state index contributed by atoms with van der Waals surface area (Å²) >= 11 is 0. The molecule has 1 aromatic carbocycles. The van der Waals surface area contributed by atoms with Crippen molar-refractivity contribution in [3.05, 3.63) is 23.8 Å². The van der Waals surface area contributed by atoms with Gasteiger partial charge in [0.2, 0.25) is 5.95 Å². The number of imidazole rings is 1. The number of nitrogens with one attached hydrogen (secondary N) is 1. The fraction of sp³-hybridized carbons (Fsp3) is 0.462. The summed E-state index contributed by atoms with van der Waals surface area (Å²) < 4.78 is 2.27. The molecule has 0 spiro atoms. The van der Waals surface area contributed by atoms with Gasteiger partial charge in [-0.1, -0.05) is 18.9 Å². The quantitative estimate of drug-likeness (QED) is 0.616. The molecule has 0 bridgehead atoms. The van der Waals surface area contributed by atoms with Gasteiger partial charge >= 0.3 is 0 Å². The minimum absolute atomic E-state index is 0.550. The zero-order chi connectivity index (χ0) is 11.8. The largest absolute Gasteiger partial charge is 0.306 e. The first-order valence-electron chi connectivity index (χ1n) is 6.25. The topological polar surface area (TPSA) is 55.9 Å². The minimum atomic E-state index is 0.550. The van der Waals surface area contributed by atoms with Gasteiger partial charge in [0.1, 0.15) is 0 Å². The van der Waals surface area contributed by atoms with Gasteiger partial charge in [0, 0.05) is 6.04 Å². The molecular formula is C13H18N4. The summed E-state index contributed by atoms with van der Waals surface area (Å²) in [7, 11) is 0. The molecule has 1 aromatic heterocycles. The number of aromatic nitrogens is 2. The lowest BCUT2D eigenvalue weighted by atomic mass is 10.2. The van der Waals surface area contributed by atoms with Crippen LogP contribution < -0.4 is 11.3 Å². The van der Waals surface area contributed by atoms with E-state index in [1.165, 1.54) is 36.8 Å². The molecule has 2 aromatic rings. The Bertz CT molecular complexity index is 538. The van der Waals surface area contributed by atoms with Crippen LogP contribution in [0.4, 0.5) is 5.95 Å². The number of hydrazine groups is 1. The van der Waals surface area contributed by atoms with Gasteiger partial charge in [0.15, 0.2) is 0 Å². The summed E-state index contributed by atoms with van der Waals surface area (Å²) in [5, 5.41) is 0. The molecule has 0 radical (unpaired) electrons. The second-order valence-electron chi connectivity index (χ2n) is 4.88. The van der Waals surface area contributed by atoms with Crippen LogP contribution in [0.2, 0.25) is 0 Å². The van der Waals surface area contributed by atoms with E-state index in [4.69, 9.17) is 5.84 Å². The highest BCUT2D eigenvalue weighted by molar-refractivity contribution is 5.79. The Hall–Kier alpha value is -1.55. The van der Waals surface area contributed by atoms with E-state index >= 15 is 0 Å². The fourth-order valence-corrected chi connectivity index (χ4v) is 2.84. The number of nitrogens with two attached hydrogens (primary N) is 1. The number of anilines is 1. The second kappa shape index (κ2) is 4.04. The molecule has 1 fully saturated rings. The Morgan fingerprint density at radius 3 is 2.82 bits per heavy atom. The molecule has 3 rings (SSSR count). The fourth-order valence-electron chi connectivity index (χ4n) is 2.84. The van der Waals surface area contributed by atoms with Crippen LogP contribution in [0.5, 0.6) is 0 Å². The van der Waals surface area contributed by atoms with E-state index in [1.807, 2.05) is 0 Å². The average Bonchev–Trinajstić information content (AvgIpc) is 2.93. The van der Waals surface area contributed by atoms with E-state index in [0.29, 0.717) is 6.04 Å². The maximum atomic E-state index is 5.59. The summed E-state index contributed by atoms with van der Waals surface area (Å²) in [4.78, 5) is 4.56. The Morgan fingerprint density at radius 2 is 2.12 bits per heavy atom. The average molecular weight is 230 g/mol. The number of hydrogen-bond donors (Lipinski definition) is 2. The minimum Gasteiger partial charge on any atom is -0.306 e. The Balaban J connectivity index is 2.19. The molecule has 1 heterocycles. The molecule has 90 valence electrons. The predicted molar refractivity (Wildman–Crippen MR) is 69.8 cm³/mol. The zero-order valence-corrected chi connectivity index (χ0v) is 10.1. The molecule has 3 N–H and O–H groups in total. The molecule has 0 aliphatic heterocycles. The number of aryl methyl sites for hydroxylation is 1. The van der Waals surface area contributed by atoms with Crippen molar-refractivity contribution in [2.75, 3.05) is 5.43 Å². The van der Waals surface area contributed by atoms with Gasteiger partial charge in [0.05, 0.1) is 11.0 Å². The highest BCUT2D eigenvalue weighted by Crippen LogP contribution is 2.35. The third-order valence-electron chi connectivity index (χ3n) is 3.66. The van der Waals surface area contributed by atoms with Crippen molar-refractivity contribution in [3.63, 3.8) is 0 Å². The van der Waals surface area contributed by atoms with E-state index in [2.05, 4.69) is 40.1 Å². The number of hydrogen-bond acceptors (Lipinski definition) is 3. The summed E-state index contributed by atoms with van der Waals surface area (Å²) in [6, 6.07) is 6.95.